The summed E-state index contributed by atoms with van der Waals surface area (Å²) in [7, 11) is 1.06. The van der Waals surface area contributed by atoms with Crippen LogP contribution in [0.2, 0.25) is 5.02 Å². The minimum Gasteiger partial charge on any atom is -0.480 e. The molecule has 0 bridgehead atoms. The van der Waals surface area contributed by atoms with Crippen molar-refractivity contribution >= 4 is 34.6 Å². The van der Waals surface area contributed by atoms with Gasteiger partial charge in [-0.2, -0.15) is 0 Å². The van der Waals surface area contributed by atoms with E-state index in [1.165, 1.54) is 4.68 Å². The zero-order chi connectivity index (χ0) is 24.0. The molecule has 1 aliphatic rings. The SMILES string of the molecule is Cn1c(=O)n(CC(=O)O)c(=O)n(-c2cc(N=c3sc(=O)n4n3CCCC4)c(F)cc2Cl)c1=O. The Kier molecular flexibility index (Phi) is 5.80. The first-order valence-electron chi connectivity index (χ1n) is 9.59. The summed E-state index contributed by atoms with van der Waals surface area (Å²) >= 11 is 6.92. The molecule has 33 heavy (non-hydrogen) atoms. The number of aliphatic carboxylic acids is 1. The van der Waals surface area contributed by atoms with Crippen LogP contribution in [0.3, 0.4) is 0 Å². The second-order valence-electron chi connectivity index (χ2n) is 7.19. The second-order valence-corrected chi connectivity index (χ2v) is 8.52. The van der Waals surface area contributed by atoms with Crippen molar-refractivity contribution in [3.63, 3.8) is 0 Å². The summed E-state index contributed by atoms with van der Waals surface area (Å²) in [6, 6.07) is 1.87. The summed E-state index contributed by atoms with van der Waals surface area (Å²) in [5.41, 5.74) is -4.10. The number of carbonyl (C=O) groups is 1. The summed E-state index contributed by atoms with van der Waals surface area (Å²) in [6.07, 6.45) is 1.64. The van der Waals surface area contributed by atoms with Crippen LogP contribution in [0, 0.1) is 5.82 Å². The Bertz CT molecular complexity index is 1610. The van der Waals surface area contributed by atoms with Crippen LogP contribution in [0.1, 0.15) is 12.8 Å². The van der Waals surface area contributed by atoms with Gasteiger partial charge in [-0.1, -0.05) is 11.6 Å². The Morgan fingerprint density at radius 2 is 1.79 bits per heavy atom. The third-order valence-electron chi connectivity index (χ3n) is 5.08. The van der Waals surface area contributed by atoms with Crippen LogP contribution >= 0.6 is 22.9 Å². The fourth-order valence-corrected chi connectivity index (χ4v) is 4.60. The highest BCUT2D eigenvalue weighted by molar-refractivity contribution is 7.06. The lowest BCUT2D eigenvalue weighted by molar-refractivity contribution is -0.137. The van der Waals surface area contributed by atoms with Gasteiger partial charge in [0.15, 0.2) is 5.82 Å². The average Bonchev–Trinajstić information content (AvgIpc) is 3.08. The standard InChI is InChI=1S/C18H16ClFN6O6S/c1-22-15(29)23(8-13(27)28)17(31)26(16(22)30)12-7-11(10(20)6-9(12)19)21-14-24-4-2-3-5-25(24)18(32)33-14/h6-7H,2-5,8H2,1H3,(H,27,28). The Balaban J connectivity index is 1.99. The molecule has 15 heteroatoms. The number of aromatic nitrogens is 5. The van der Waals surface area contributed by atoms with Crippen LogP contribution in [0.25, 0.3) is 5.69 Å². The number of hydrogen-bond donors (Lipinski definition) is 1. The van der Waals surface area contributed by atoms with E-state index >= 15 is 0 Å². The van der Waals surface area contributed by atoms with E-state index in [-0.39, 0.29) is 26.1 Å². The first kappa shape index (κ1) is 22.7. The van der Waals surface area contributed by atoms with Gasteiger partial charge < -0.3 is 5.11 Å². The summed E-state index contributed by atoms with van der Waals surface area (Å²) in [4.78, 5) is 65.2. The Morgan fingerprint density at radius 1 is 1.12 bits per heavy atom. The van der Waals surface area contributed by atoms with E-state index in [4.69, 9.17) is 16.7 Å². The fourth-order valence-electron chi connectivity index (χ4n) is 3.48. The molecule has 0 unspecified atom stereocenters. The van der Waals surface area contributed by atoms with Gasteiger partial charge in [0.05, 0.1) is 10.7 Å². The molecule has 0 saturated carbocycles. The maximum absolute atomic E-state index is 14.7. The van der Waals surface area contributed by atoms with Crippen LogP contribution in [-0.2, 0) is 31.5 Å². The molecule has 0 spiro atoms. The number of carboxylic acids is 1. The number of fused-ring (bicyclic) bond motifs is 1. The van der Waals surface area contributed by atoms with Crippen molar-refractivity contribution in [1.82, 2.24) is 23.1 Å². The van der Waals surface area contributed by atoms with Crippen molar-refractivity contribution in [2.75, 3.05) is 0 Å². The molecule has 2 aromatic heterocycles. The lowest BCUT2D eigenvalue weighted by Gasteiger charge is -2.16. The first-order valence-corrected chi connectivity index (χ1v) is 10.8. The minimum absolute atomic E-state index is 0.225. The van der Waals surface area contributed by atoms with E-state index in [2.05, 4.69) is 4.99 Å². The molecule has 174 valence electrons. The minimum atomic E-state index is -1.48. The van der Waals surface area contributed by atoms with Crippen LogP contribution in [0.15, 0.2) is 36.3 Å². The molecule has 1 aliphatic heterocycles. The highest BCUT2D eigenvalue weighted by Crippen LogP contribution is 2.27. The number of hydrogen-bond acceptors (Lipinski definition) is 7. The Labute approximate surface area is 191 Å². The molecule has 0 saturated heterocycles. The van der Waals surface area contributed by atoms with Gasteiger partial charge in [0.1, 0.15) is 12.2 Å². The zero-order valence-corrected chi connectivity index (χ0v) is 18.6. The molecule has 3 heterocycles. The highest BCUT2D eigenvalue weighted by Gasteiger charge is 2.20. The van der Waals surface area contributed by atoms with Crippen LogP contribution in [0.4, 0.5) is 10.1 Å². The van der Waals surface area contributed by atoms with Gasteiger partial charge in [0, 0.05) is 20.1 Å². The zero-order valence-electron chi connectivity index (χ0n) is 17.0. The van der Waals surface area contributed by atoms with Gasteiger partial charge in [-0.05, 0) is 36.3 Å². The molecule has 0 radical (unpaired) electrons. The summed E-state index contributed by atoms with van der Waals surface area (Å²) in [5, 5.41) is 8.68. The van der Waals surface area contributed by atoms with Gasteiger partial charge >= 0.3 is 27.9 Å². The first-order chi connectivity index (χ1) is 15.6. The van der Waals surface area contributed by atoms with Crippen LogP contribution in [0.5, 0.6) is 0 Å². The molecule has 0 fully saturated rings. The molecule has 1 aromatic carbocycles. The molecule has 4 rings (SSSR count). The van der Waals surface area contributed by atoms with Gasteiger partial charge in [0.2, 0.25) is 4.80 Å². The maximum Gasteiger partial charge on any atom is 0.341 e. The van der Waals surface area contributed by atoms with Crippen molar-refractivity contribution < 1.29 is 14.3 Å². The monoisotopic (exact) mass is 498 g/mol. The third-order valence-corrected chi connectivity index (χ3v) is 6.25. The summed E-state index contributed by atoms with van der Waals surface area (Å²) in [6.45, 7) is 0.0266. The molecular weight excluding hydrogens is 483 g/mol. The predicted octanol–water partition coefficient (Wildman–Crippen LogP) is -0.374. The Morgan fingerprint density at radius 3 is 2.45 bits per heavy atom. The summed E-state index contributed by atoms with van der Waals surface area (Å²) < 4.78 is 19.2. The lowest BCUT2D eigenvalue weighted by Crippen LogP contribution is -2.53. The van der Waals surface area contributed by atoms with E-state index in [0.717, 1.165) is 43.4 Å². The third kappa shape index (κ3) is 3.91. The molecule has 1 N–H and O–H groups in total. The summed E-state index contributed by atoms with van der Waals surface area (Å²) in [5.74, 6) is -2.35. The predicted molar refractivity (Wildman–Crippen MR) is 115 cm³/mol. The highest BCUT2D eigenvalue weighted by atomic mass is 35.5. The topological polar surface area (TPSA) is 143 Å². The van der Waals surface area contributed by atoms with Gasteiger partial charge in [-0.3, -0.25) is 14.3 Å². The molecular formula is C18H16ClFN6O6S. The molecule has 0 atom stereocenters. The van der Waals surface area contributed by atoms with E-state index < -0.39 is 35.4 Å². The number of benzene rings is 1. The van der Waals surface area contributed by atoms with Crippen LogP contribution < -0.4 is 26.7 Å². The van der Waals surface area contributed by atoms with Gasteiger partial charge in [-0.15, -0.1) is 0 Å². The van der Waals surface area contributed by atoms with E-state index in [0.29, 0.717) is 26.8 Å². The van der Waals surface area contributed by atoms with Crippen molar-refractivity contribution in [2.45, 2.75) is 32.5 Å². The van der Waals surface area contributed by atoms with Crippen molar-refractivity contribution in [3.05, 3.63) is 68.9 Å². The van der Waals surface area contributed by atoms with E-state index in [1.54, 1.807) is 4.68 Å². The van der Waals surface area contributed by atoms with Crippen LogP contribution in [-0.4, -0.2) is 34.1 Å². The van der Waals surface area contributed by atoms with Gasteiger partial charge in [0.25, 0.3) is 0 Å². The Hall–Kier alpha value is -3.52. The lowest BCUT2D eigenvalue weighted by atomic mass is 10.2. The van der Waals surface area contributed by atoms with E-state index in [9.17, 15) is 28.4 Å². The largest absolute Gasteiger partial charge is 0.480 e. The molecule has 0 amide bonds. The maximum atomic E-state index is 14.7. The smallest absolute Gasteiger partial charge is 0.341 e. The second kappa shape index (κ2) is 8.44. The van der Waals surface area contributed by atoms with Crippen molar-refractivity contribution in [1.29, 1.82) is 0 Å². The number of nitrogens with zero attached hydrogens (tertiary/aromatic N) is 6. The molecule has 3 aromatic rings. The quantitative estimate of drug-likeness (QED) is 0.520. The average molecular weight is 499 g/mol. The number of carboxylic acid groups (broad SMARTS) is 1. The number of rotatable bonds is 4. The number of halogens is 2. The van der Waals surface area contributed by atoms with E-state index in [1.807, 2.05) is 0 Å². The molecule has 12 nitrogen and oxygen atoms in total. The fraction of sp³-hybridized carbons (Fsp3) is 0.333. The molecule has 0 aliphatic carbocycles. The van der Waals surface area contributed by atoms with Crippen molar-refractivity contribution in [3.8, 4) is 5.69 Å². The van der Waals surface area contributed by atoms with Gasteiger partial charge in [-0.25, -0.2) is 42.1 Å². The normalized spacial score (nSPS) is 13.8. The van der Waals surface area contributed by atoms with Crippen molar-refractivity contribution in [2.24, 2.45) is 12.0 Å².